The van der Waals surface area contributed by atoms with Crippen LogP contribution in [-0.2, 0) is 81.8 Å². The summed E-state index contributed by atoms with van der Waals surface area (Å²) in [6.07, 6.45) is 5.77. The topological polar surface area (TPSA) is 197 Å². The van der Waals surface area contributed by atoms with E-state index < -0.39 is 35.2 Å². The van der Waals surface area contributed by atoms with Crippen molar-refractivity contribution in [3.05, 3.63) is 48.6 Å². The van der Waals surface area contributed by atoms with E-state index in [0.717, 1.165) is 37.8 Å². The predicted octanol–water partition coefficient (Wildman–Crippen LogP) is 9.45. The molecule has 0 spiro atoms. The van der Waals surface area contributed by atoms with Gasteiger partial charge in [0.1, 0.15) is 0 Å². The van der Waals surface area contributed by atoms with Crippen molar-refractivity contribution in [3.8, 4) is 0 Å². The quantitative estimate of drug-likeness (QED) is 0.0243. The van der Waals surface area contributed by atoms with Gasteiger partial charge in [-0.1, -0.05) is 26.3 Å². The number of ketones is 2. The summed E-state index contributed by atoms with van der Waals surface area (Å²) in [6, 6.07) is 2.76. The molecule has 0 fully saturated rings. The zero-order valence-corrected chi connectivity index (χ0v) is 50.3. The standard InChI is InChI=1S/C14H28O4Si.C13H26O5Si.C11H22O4Si.C10H20O5Si/c1-6-16-19(17-7-2,18-8-3)12-10-9-11-14(15)13(4)5;1-6-16-19(17-7-2,18-8-3)11-9-10-15-13(14)12(4)5;1-10(2)11(12)8-6-7-9-16(13-3,14-4)15-5;1-9(2)10(11)15-7-6-8-16(12-3,13-4)14-5/h4,6-12H2,1-3,5H3;4,6-11H2,1-3,5H3;1,6-9H2,2-5H3;1,6-8H2,2-5H3. The third kappa shape index (κ3) is 35.7. The van der Waals surface area contributed by atoms with E-state index in [1.807, 2.05) is 41.5 Å². The third-order valence-electron chi connectivity index (χ3n) is 9.69. The summed E-state index contributed by atoms with van der Waals surface area (Å²) in [6.45, 7) is 36.7. The summed E-state index contributed by atoms with van der Waals surface area (Å²) in [5.41, 5.74) is 2.05. The number of Topliss-reactive ketones (excluding diaryl/α,β-unsaturated/α-hetero) is 2. The zero-order chi connectivity index (χ0) is 54.7. The molecule has 0 aliphatic rings. The highest BCUT2D eigenvalue weighted by atomic mass is 28.4. The Kier molecular flexibility index (Phi) is 47.9. The lowest BCUT2D eigenvalue weighted by Crippen LogP contribution is -2.46. The van der Waals surface area contributed by atoms with Gasteiger partial charge in [0.05, 0.1) is 13.2 Å². The predicted molar refractivity (Wildman–Crippen MR) is 282 cm³/mol. The number of carbonyl (C=O) groups is 4. The van der Waals surface area contributed by atoms with Gasteiger partial charge in [-0.2, -0.15) is 0 Å². The van der Waals surface area contributed by atoms with Crippen LogP contribution in [0, 0.1) is 0 Å². The lowest BCUT2D eigenvalue weighted by molar-refractivity contribution is -0.139. The molecule has 0 heterocycles. The van der Waals surface area contributed by atoms with Crippen molar-refractivity contribution in [1.82, 2.24) is 0 Å². The molecular formula is C48H96O18Si4. The van der Waals surface area contributed by atoms with E-state index >= 15 is 0 Å². The van der Waals surface area contributed by atoms with Crippen LogP contribution in [0.15, 0.2) is 48.6 Å². The van der Waals surface area contributed by atoms with E-state index in [0.29, 0.717) is 113 Å². The number of esters is 2. The number of carbonyl (C=O) groups excluding carboxylic acids is 4. The molecule has 0 aromatic rings. The Morgan fingerprint density at radius 1 is 0.343 bits per heavy atom. The Labute approximate surface area is 427 Å². The first-order valence-corrected chi connectivity index (χ1v) is 31.9. The van der Waals surface area contributed by atoms with Crippen molar-refractivity contribution < 1.29 is 81.8 Å². The fourth-order valence-electron chi connectivity index (χ4n) is 5.95. The highest BCUT2D eigenvalue weighted by Gasteiger charge is 2.41. The van der Waals surface area contributed by atoms with E-state index in [-0.39, 0.29) is 23.5 Å². The molecule has 0 N–H and O–H groups in total. The van der Waals surface area contributed by atoms with Crippen LogP contribution in [0.3, 0.4) is 0 Å². The second-order valence-corrected chi connectivity index (χ2v) is 27.1. The van der Waals surface area contributed by atoms with Crippen molar-refractivity contribution in [2.45, 2.75) is 145 Å². The maximum Gasteiger partial charge on any atom is 0.501 e. The van der Waals surface area contributed by atoms with Crippen LogP contribution in [-0.4, -0.2) is 154 Å². The first kappa shape index (κ1) is 74.2. The second-order valence-electron chi connectivity index (χ2n) is 15.4. The molecule has 70 heavy (non-hydrogen) atoms. The SMILES string of the molecule is C=C(C)C(=O)CCCC[Si](OC)(OC)OC.C=C(C)C(=O)CCCC[Si](OCC)(OCC)OCC.C=C(C)C(=O)OCCC[Si](OC)(OC)OC.C=C(C)C(=O)OCCC[Si](OCC)(OCC)OCC. The number of hydrogen-bond donors (Lipinski definition) is 0. The minimum Gasteiger partial charge on any atom is -0.462 e. The van der Waals surface area contributed by atoms with Crippen LogP contribution in [0.2, 0.25) is 24.2 Å². The molecule has 0 unspecified atom stereocenters. The van der Waals surface area contributed by atoms with Crippen molar-refractivity contribution in [1.29, 1.82) is 0 Å². The maximum absolute atomic E-state index is 11.5. The molecule has 0 aromatic carbocycles. The van der Waals surface area contributed by atoms with Gasteiger partial charge in [-0.05, 0) is 119 Å². The van der Waals surface area contributed by atoms with Gasteiger partial charge in [0.15, 0.2) is 11.6 Å². The summed E-state index contributed by atoms with van der Waals surface area (Å²) in [7, 11) is -0.667. The highest BCUT2D eigenvalue weighted by molar-refractivity contribution is 6.61. The summed E-state index contributed by atoms with van der Waals surface area (Å²) >= 11 is 0. The minimum atomic E-state index is -2.61. The van der Waals surface area contributed by atoms with Crippen molar-refractivity contribution >= 4 is 58.7 Å². The lowest BCUT2D eigenvalue weighted by Gasteiger charge is -2.28. The largest absolute Gasteiger partial charge is 0.501 e. The summed E-state index contributed by atoms with van der Waals surface area (Å²) in [5, 5.41) is 0. The molecule has 0 amide bonds. The number of ether oxygens (including phenoxy) is 2. The van der Waals surface area contributed by atoms with Crippen LogP contribution in [0.1, 0.15) is 121 Å². The molecule has 18 nitrogen and oxygen atoms in total. The molecule has 0 bridgehead atoms. The van der Waals surface area contributed by atoms with Crippen LogP contribution < -0.4 is 0 Å². The van der Waals surface area contributed by atoms with Crippen LogP contribution in [0.4, 0.5) is 0 Å². The molecule has 0 saturated heterocycles. The van der Waals surface area contributed by atoms with Gasteiger partial charge in [0.25, 0.3) is 0 Å². The first-order chi connectivity index (χ1) is 33.0. The van der Waals surface area contributed by atoms with Crippen LogP contribution >= 0.6 is 0 Å². The molecule has 0 rings (SSSR count). The summed E-state index contributed by atoms with van der Waals surface area (Å²) < 4.78 is 75.9. The molecule has 0 aliphatic heterocycles. The monoisotopic (exact) mass is 1070 g/mol. The summed E-state index contributed by atoms with van der Waals surface area (Å²) in [4.78, 5) is 45.1. The lowest BCUT2D eigenvalue weighted by atomic mass is 10.1. The minimum absolute atomic E-state index is 0.125. The van der Waals surface area contributed by atoms with Crippen LogP contribution in [0.5, 0.6) is 0 Å². The first-order valence-electron chi connectivity index (χ1n) is 24.2. The number of hydrogen-bond acceptors (Lipinski definition) is 18. The van der Waals surface area contributed by atoms with Gasteiger partial charge < -0.3 is 62.6 Å². The van der Waals surface area contributed by atoms with Crippen molar-refractivity contribution in [3.63, 3.8) is 0 Å². The van der Waals surface area contributed by atoms with Crippen molar-refractivity contribution in [2.75, 3.05) is 95.5 Å². The molecule has 0 radical (unpaired) electrons. The number of unbranched alkanes of at least 4 members (excludes halogenated alkanes) is 2. The zero-order valence-electron chi connectivity index (χ0n) is 46.3. The number of allylic oxidation sites excluding steroid dienone is 2. The molecule has 0 aromatic heterocycles. The second kappa shape index (κ2) is 45.3. The van der Waals surface area contributed by atoms with Gasteiger partial charge in [-0.15, -0.1) is 0 Å². The molecule has 0 atom stereocenters. The number of rotatable bonds is 40. The van der Waals surface area contributed by atoms with E-state index in [1.54, 1.807) is 70.4 Å². The molecule has 22 heteroatoms. The molecule has 0 aliphatic carbocycles. The van der Waals surface area contributed by atoms with E-state index in [2.05, 4.69) is 26.3 Å². The third-order valence-corrected chi connectivity index (χ3v) is 21.7. The molecule has 0 saturated carbocycles. The van der Waals surface area contributed by atoms with Gasteiger partial charge >= 0.3 is 47.2 Å². The van der Waals surface area contributed by atoms with Crippen molar-refractivity contribution in [2.24, 2.45) is 0 Å². The fourth-order valence-corrected chi connectivity index (χ4v) is 14.7. The fraction of sp³-hybridized carbons (Fsp3) is 0.750. The maximum atomic E-state index is 11.5. The molecule has 412 valence electrons. The smallest absolute Gasteiger partial charge is 0.462 e. The van der Waals surface area contributed by atoms with E-state index in [9.17, 15) is 19.2 Å². The van der Waals surface area contributed by atoms with E-state index in [1.165, 1.54) is 0 Å². The normalized spacial score (nSPS) is 11.4. The Morgan fingerprint density at radius 2 is 0.571 bits per heavy atom. The summed E-state index contributed by atoms with van der Waals surface area (Å²) in [5.74, 6) is -0.480. The van der Waals surface area contributed by atoms with Gasteiger partial charge in [0, 0.05) is 130 Å². The van der Waals surface area contributed by atoms with Crippen LogP contribution in [0.25, 0.3) is 0 Å². The highest BCUT2D eigenvalue weighted by Crippen LogP contribution is 2.22. The van der Waals surface area contributed by atoms with Gasteiger partial charge in [-0.25, -0.2) is 9.59 Å². The van der Waals surface area contributed by atoms with Gasteiger partial charge in [-0.3, -0.25) is 9.59 Å². The van der Waals surface area contributed by atoms with E-state index in [4.69, 9.17) is 62.6 Å². The Morgan fingerprint density at radius 3 is 0.786 bits per heavy atom. The average Bonchev–Trinajstić information content (AvgIpc) is 3.33. The Bertz CT molecular complexity index is 1300. The molecular weight excluding hydrogens is 977 g/mol. The van der Waals surface area contributed by atoms with Gasteiger partial charge in [0.2, 0.25) is 0 Å². The Balaban J connectivity index is -0.000000416. The Hall–Kier alpha value is -2.37. The average molecular weight is 1070 g/mol.